The third-order valence-electron chi connectivity index (χ3n) is 4.25. The molecule has 6 nitrogen and oxygen atoms in total. The lowest BCUT2D eigenvalue weighted by atomic mass is 10.0. The number of hydrogen-bond acceptors (Lipinski definition) is 5. The molecule has 0 aromatic carbocycles. The summed E-state index contributed by atoms with van der Waals surface area (Å²) >= 11 is 0. The summed E-state index contributed by atoms with van der Waals surface area (Å²) in [5.41, 5.74) is -0.490. The van der Waals surface area contributed by atoms with Gasteiger partial charge in [-0.25, -0.2) is 13.2 Å². The van der Waals surface area contributed by atoms with E-state index in [9.17, 15) is 13.2 Å². The van der Waals surface area contributed by atoms with Crippen molar-refractivity contribution in [2.45, 2.75) is 64.1 Å². The molecule has 1 saturated carbocycles. The fourth-order valence-electron chi connectivity index (χ4n) is 3.26. The van der Waals surface area contributed by atoms with Crippen LogP contribution >= 0.6 is 0 Å². The highest BCUT2D eigenvalue weighted by Gasteiger charge is 2.34. The molecule has 128 valence electrons. The summed E-state index contributed by atoms with van der Waals surface area (Å²) < 4.78 is 28.3. The minimum atomic E-state index is -2.85. The van der Waals surface area contributed by atoms with Crippen LogP contribution in [-0.2, 0) is 14.6 Å². The Kier molecular flexibility index (Phi) is 5.37. The molecule has 1 amide bonds. The number of ether oxygens (including phenoxy) is 1. The molecular formula is C15H28N2O4S. The smallest absolute Gasteiger partial charge is 0.407 e. The van der Waals surface area contributed by atoms with Crippen LogP contribution in [0.2, 0.25) is 0 Å². The molecule has 1 aliphatic heterocycles. The zero-order valence-electron chi connectivity index (χ0n) is 13.7. The Morgan fingerprint density at radius 3 is 2.55 bits per heavy atom. The highest BCUT2D eigenvalue weighted by atomic mass is 32.2. The van der Waals surface area contributed by atoms with E-state index in [2.05, 4.69) is 10.6 Å². The van der Waals surface area contributed by atoms with E-state index in [4.69, 9.17) is 4.74 Å². The van der Waals surface area contributed by atoms with Crippen molar-refractivity contribution in [3.63, 3.8) is 0 Å². The first kappa shape index (κ1) is 17.5. The van der Waals surface area contributed by atoms with Gasteiger partial charge in [-0.2, -0.15) is 0 Å². The van der Waals surface area contributed by atoms with E-state index < -0.39 is 15.4 Å². The molecule has 2 N–H and O–H groups in total. The number of hydrogen-bond donors (Lipinski definition) is 2. The summed E-state index contributed by atoms with van der Waals surface area (Å²) in [6.07, 6.45) is 3.51. The molecule has 2 fully saturated rings. The lowest BCUT2D eigenvalue weighted by Gasteiger charge is -2.25. The number of carbonyl (C=O) groups is 1. The van der Waals surface area contributed by atoms with Crippen molar-refractivity contribution in [3.8, 4) is 0 Å². The summed E-state index contributed by atoms with van der Waals surface area (Å²) in [5.74, 6) is 0.879. The van der Waals surface area contributed by atoms with Gasteiger partial charge in [0, 0.05) is 18.6 Å². The van der Waals surface area contributed by atoms with Gasteiger partial charge in [0.1, 0.15) is 5.60 Å². The van der Waals surface area contributed by atoms with Gasteiger partial charge in [0.15, 0.2) is 9.84 Å². The lowest BCUT2D eigenvalue weighted by molar-refractivity contribution is 0.0517. The Balaban J connectivity index is 1.77. The molecule has 0 aromatic rings. The average Bonchev–Trinajstić information content (AvgIpc) is 2.92. The van der Waals surface area contributed by atoms with Gasteiger partial charge >= 0.3 is 6.09 Å². The van der Waals surface area contributed by atoms with Crippen molar-refractivity contribution in [1.29, 1.82) is 0 Å². The monoisotopic (exact) mass is 332 g/mol. The van der Waals surface area contributed by atoms with Gasteiger partial charge in [-0.1, -0.05) is 6.42 Å². The fraction of sp³-hybridized carbons (Fsp3) is 0.933. The van der Waals surface area contributed by atoms with Crippen molar-refractivity contribution in [1.82, 2.24) is 10.6 Å². The topological polar surface area (TPSA) is 84.5 Å². The zero-order valence-corrected chi connectivity index (χ0v) is 14.5. The summed E-state index contributed by atoms with van der Waals surface area (Å²) in [5, 5.41) is 6.32. The second-order valence-corrected chi connectivity index (χ2v) is 9.68. The largest absolute Gasteiger partial charge is 0.444 e. The van der Waals surface area contributed by atoms with Gasteiger partial charge in [0.05, 0.1) is 11.5 Å². The number of carbonyl (C=O) groups excluding carboxylic acids is 1. The molecule has 0 radical (unpaired) electrons. The molecule has 1 aliphatic carbocycles. The second kappa shape index (κ2) is 6.74. The average molecular weight is 332 g/mol. The van der Waals surface area contributed by atoms with E-state index in [0.29, 0.717) is 18.9 Å². The van der Waals surface area contributed by atoms with Gasteiger partial charge in [-0.3, -0.25) is 0 Å². The summed E-state index contributed by atoms with van der Waals surface area (Å²) in [6, 6.07) is 0.352. The van der Waals surface area contributed by atoms with Gasteiger partial charge in [0.2, 0.25) is 0 Å². The third kappa shape index (κ3) is 5.43. The second-order valence-electron chi connectivity index (χ2n) is 7.45. The molecule has 0 bridgehead atoms. The molecular weight excluding hydrogens is 304 g/mol. The summed E-state index contributed by atoms with van der Waals surface area (Å²) in [6.45, 7) is 6.10. The van der Waals surface area contributed by atoms with Gasteiger partial charge in [0.25, 0.3) is 0 Å². The van der Waals surface area contributed by atoms with Crippen molar-refractivity contribution in [2.75, 3.05) is 18.1 Å². The van der Waals surface area contributed by atoms with Crippen LogP contribution in [0.25, 0.3) is 0 Å². The molecule has 1 saturated heterocycles. The Morgan fingerprint density at radius 1 is 1.23 bits per heavy atom. The summed E-state index contributed by atoms with van der Waals surface area (Å²) in [4.78, 5) is 11.7. The molecule has 3 atom stereocenters. The molecule has 3 unspecified atom stereocenters. The van der Waals surface area contributed by atoms with Crippen LogP contribution in [0.5, 0.6) is 0 Å². The lowest BCUT2D eigenvalue weighted by Crippen LogP contribution is -2.45. The van der Waals surface area contributed by atoms with Crippen molar-refractivity contribution in [2.24, 2.45) is 5.92 Å². The van der Waals surface area contributed by atoms with E-state index in [0.717, 1.165) is 19.3 Å². The Hall–Kier alpha value is -0.820. The van der Waals surface area contributed by atoms with Crippen LogP contribution in [0, 0.1) is 5.92 Å². The molecule has 0 spiro atoms. The first-order valence-corrected chi connectivity index (χ1v) is 9.90. The highest BCUT2D eigenvalue weighted by Crippen LogP contribution is 2.27. The Labute approximate surface area is 133 Å². The van der Waals surface area contributed by atoms with Crippen molar-refractivity contribution >= 4 is 15.9 Å². The molecule has 2 rings (SSSR count). The van der Waals surface area contributed by atoms with Gasteiger partial charge in [-0.05, 0) is 46.0 Å². The zero-order chi connectivity index (χ0) is 16.4. The molecule has 7 heteroatoms. The van der Waals surface area contributed by atoms with E-state index in [1.807, 2.05) is 20.8 Å². The van der Waals surface area contributed by atoms with E-state index in [1.165, 1.54) is 0 Å². The molecule has 22 heavy (non-hydrogen) atoms. The minimum Gasteiger partial charge on any atom is -0.444 e. The van der Waals surface area contributed by atoms with Gasteiger partial charge in [-0.15, -0.1) is 0 Å². The van der Waals surface area contributed by atoms with Crippen LogP contribution < -0.4 is 10.6 Å². The number of amides is 1. The Bertz CT molecular complexity index is 498. The van der Waals surface area contributed by atoms with Crippen LogP contribution in [0.4, 0.5) is 4.79 Å². The van der Waals surface area contributed by atoms with E-state index in [1.54, 1.807) is 0 Å². The fourth-order valence-corrected chi connectivity index (χ4v) is 4.94. The van der Waals surface area contributed by atoms with Crippen LogP contribution in [0.1, 0.15) is 46.5 Å². The first-order valence-electron chi connectivity index (χ1n) is 8.08. The number of sulfone groups is 1. The van der Waals surface area contributed by atoms with E-state index in [-0.39, 0.29) is 29.7 Å². The SMILES string of the molecule is CC(C)(C)OC(=O)NCC1CCCC1NC1CCS(=O)(=O)C1. The standard InChI is InChI=1S/C15H28N2O4S/c1-15(2,3)21-14(18)16-9-11-5-4-6-13(11)17-12-7-8-22(19,20)10-12/h11-13,17H,4-10H2,1-3H3,(H,16,18). The predicted octanol–water partition coefficient (Wildman–Crippen LogP) is 1.46. The van der Waals surface area contributed by atoms with Crippen LogP contribution in [0.15, 0.2) is 0 Å². The quantitative estimate of drug-likeness (QED) is 0.814. The van der Waals surface area contributed by atoms with Gasteiger partial charge < -0.3 is 15.4 Å². The highest BCUT2D eigenvalue weighted by molar-refractivity contribution is 7.91. The maximum Gasteiger partial charge on any atom is 0.407 e. The first-order chi connectivity index (χ1) is 10.1. The molecule has 0 aromatic heterocycles. The number of alkyl carbamates (subject to hydrolysis) is 1. The van der Waals surface area contributed by atoms with E-state index >= 15 is 0 Å². The summed E-state index contributed by atoms with van der Waals surface area (Å²) in [7, 11) is -2.85. The maximum absolute atomic E-state index is 11.7. The van der Waals surface area contributed by atoms with Crippen molar-refractivity contribution in [3.05, 3.63) is 0 Å². The van der Waals surface area contributed by atoms with Crippen LogP contribution in [0.3, 0.4) is 0 Å². The van der Waals surface area contributed by atoms with Crippen molar-refractivity contribution < 1.29 is 17.9 Å². The normalized spacial score (nSPS) is 31.1. The minimum absolute atomic E-state index is 0.0668. The Morgan fingerprint density at radius 2 is 1.95 bits per heavy atom. The molecule has 2 aliphatic rings. The number of rotatable bonds is 4. The maximum atomic E-state index is 11.7. The predicted molar refractivity (Wildman–Crippen MR) is 85.6 cm³/mol. The third-order valence-corrected chi connectivity index (χ3v) is 6.02. The van der Waals surface area contributed by atoms with Crippen LogP contribution in [-0.4, -0.2) is 50.2 Å². The molecule has 1 heterocycles. The number of nitrogens with one attached hydrogen (secondary N) is 2.